The van der Waals surface area contributed by atoms with Crippen LogP contribution in [0.4, 0.5) is 4.79 Å². The van der Waals surface area contributed by atoms with Crippen LogP contribution in [0.3, 0.4) is 0 Å². The van der Waals surface area contributed by atoms with Gasteiger partial charge in [-0.05, 0) is 25.0 Å². The molecule has 22 heavy (non-hydrogen) atoms. The molecule has 1 aliphatic rings. The van der Waals surface area contributed by atoms with Crippen molar-refractivity contribution in [2.75, 3.05) is 13.7 Å². The molecule has 1 saturated carbocycles. The first-order valence-electron chi connectivity index (χ1n) is 7.61. The predicted octanol–water partition coefficient (Wildman–Crippen LogP) is 2.70. The topological polar surface area (TPSA) is 70.6 Å². The number of methoxy groups -OCH3 is 1. The lowest BCUT2D eigenvalue weighted by molar-refractivity contribution is 0.153. The number of hydrogen-bond acceptors (Lipinski definition) is 3. The summed E-state index contributed by atoms with van der Waals surface area (Å²) in [7, 11) is 1.57. The van der Waals surface area contributed by atoms with Crippen molar-refractivity contribution in [3.05, 3.63) is 28.8 Å². The van der Waals surface area contributed by atoms with E-state index in [0.717, 1.165) is 31.2 Å². The summed E-state index contributed by atoms with van der Waals surface area (Å²) in [4.78, 5) is 12.0. The molecule has 122 valence electrons. The summed E-state index contributed by atoms with van der Waals surface area (Å²) in [6.07, 6.45) is 4.09. The SMILES string of the molecule is COc1cc(Cl)ccc1CNC(=O)NC1CCCCC1CO. The molecule has 3 N–H and O–H groups in total. The number of hydrogen-bond donors (Lipinski definition) is 3. The van der Waals surface area contributed by atoms with E-state index < -0.39 is 0 Å². The molecule has 6 heteroatoms. The highest BCUT2D eigenvalue weighted by molar-refractivity contribution is 6.30. The minimum atomic E-state index is -0.220. The van der Waals surface area contributed by atoms with E-state index in [4.69, 9.17) is 16.3 Å². The van der Waals surface area contributed by atoms with Crippen molar-refractivity contribution in [3.8, 4) is 5.75 Å². The van der Waals surface area contributed by atoms with Crippen LogP contribution < -0.4 is 15.4 Å². The molecule has 2 rings (SSSR count). The Labute approximate surface area is 136 Å². The maximum atomic E-state index is 12.0. The molecule has 0 bridgehead atoms. The van der Waals surface area contributed by atoms with Crippen molar-refractivity contribution in [1.29, 1.82) is 0 Å². The molecule has 2 unspecified atom stereocenters. The Morgan fingerprint density at radius 1 is 1.41 bits per heavy atom. The summed E-state index contributed by atoms with van der Waals surface area (Å²) in [6, 6.07) is 5.15. The molecule has 1 aromatic carbocycles. The number of halogens is 1. The van der Waals surface area contributed by atoms with Gasteiger partial charge in [-0.15, -0.1) is 0 Å². The van der Waals surface area contributed by atoms with Crippen molar-refractivity contribution in [3.63, 3.8) is 0 Å². The van der Waals surface area contributed by atoms with E-state index in [2.05, 4.69) is 10.6 Å². The smallest absolute Gasteiger partial charge is 0.315 e. The lowest BCUT2D eigenvalue weighted by Gasteiger charge is -2.30. The second-order valence-electron chi connectivity index (χ2n) is 5.62. The van der Waals surface area contributed by atoms with Gasteiger partial charge in [-0.1, -0.05) is 30.5 Å². The van der Waals surface area contributed by atoms with Crippen LogP contribution in [0, 0.1) is 5.92 Å². The molecule has 2 atom stereocenters. The number of urea groups is 1. The monoisotopic (exact) mass is 326 g/mol. The number of benzene rings is 1. The zero-order valence-corrected chi connectivity index (χ0v) is 13.5. The summed E-state index contributed by atoms with van der Waals surface area (Å²) < 4.78 is 5.25. The maximum Gasteiger partial charge on any atom is 0.315 e. The summed E-state index contributed by atoms with van der Waals surface area (Å²) in [6.45, 7) is 0.485. The van der Waals surface area contributed by atoms with Crippen LogP contribution in [-0.2, 0) is 6.54 Å². The molecule has 1 aliphatic carbocycles. The molecule has 0 heterocycles. The second kappa shape index (κ2) is 8.25. The first-order valence-corrected chi connectivity index (χ1v) is 7.99. The Hall–Kier alpha value is -1.46. The first-order chi connectivity index (χ1) is 10.6. The summed E-state index contributed by atoms with van der Waals surface area (Å²) >= 11 is 5.92. The molecule has 0 aromatic heterocycles. The molecule has 1 fully saturated rings. The lowest BCUT2D eigenvalue weighted by atomic mass is 9.85. The van der Waals surface area contributed by atoms with Gasteiger partial charge < -0.3 is 20.5 Å². The highest BCUT2D eigenvalue weighted by Gasteiger charge is 2.25. The molecular formula is C16H23ClN2O3. The molecule has 0 spiro atoms. The minimum Gasteiger partial charge on any atom is -0.496 e. The van der Waals surface area contributed by atoms with Gasteiger partial charge in [0.2, 0.25) is 0 Å². The molecule has 0 saturated heterocycles. The fraction of sp³-hybridized carbons (Fsp3) is 0.562. The number of aliphatic hydroxyl groups is 1. The highest BCUT2D eigenvalue weighted by Crippen LogP contribution is 2.24. The van der Waals surface area contributed by atoms with E-state index in [1.807, 2.05) is 6.07 Å². The normalized spacial score (nSPS) is 21.2. The van der Waals surface area contributed by atoms with Crippen LogP contribution in [-0.4, -0.2) is 30.9 Å². The third-order valence-electron chi connectivity index (χ3n) is 4.15. The van der Waals surface area contributed by atoms with Gasteiger partial charge in [-0.25, -0.2) is 4.79 Å². The predicted molar refractivity (Wildman–Crippen MR) is 86.2 cm³/mol. The van der Waals surface area contributed by atoms with Crippen LogP contribution in [0.15, 0.2) is 18.2 Å². The summed E-state index contributed by atoms with van der Waals surface area (Å²) in [5.41, 5.74) is 0.865. The number of aliphatic hydroxyl groups excluding tert-OH is 1. The Kier molecular flexibility index (Phi) is 6.34. The first kappa shape index (κ1) is 16.9. The Morgan fingerprint density at radius 3 is 2.91 bits per heavy atom. The van der Waals surface area contributed by atoms with Gasteiger partial charge in [0, 0.05) is 35.7 Å². The quantitative estimate of drug-likeness (QED) is 0.779. The third-order valence-corrected chi connectivity index (χ3v) is 4.38. The number of ether oxygens (including phenoxy) is 1. The lowest BCUT2D eigenvalue weighted by Crippen LogP contribution is -2.47. The fourth-order valence-electron chi connectivity index (χ4n) is 2.88. The van der Waals surface area contributed by atoms with E-state index in [1.54, 1.807) is 19.2 Å². The minimum absolute atomic E-state index is 0.0471. The van der Waals surface area contributed by atoms with Crippen molar-refractivity contribution >= 4 is 17.6 Å². The maximum absolute atomic E-state index is 12.0. The number of nitrogens with one attached hydrogen (secondary N) is 2. The van der Waals surface area contributed by atoms with E-state index in [0.29, 0.717) is 17.3 Å². The van der Waals surface area contributed by atoms with E-state index in [9.17, 15) is 9.90 Å². The third kappa shape index (κ3) is 4.52. The summed E-state index contributed by atoms with van der Waals surface area (Å²) in [5, 5.41) is 15.8. The number of carbonyl (C=O) groups excluding carboxylic acids is 1. The zero-order valence-electron chi connectivity index (χ0n) is 12.8. The molecular weight excluding hydrogens is 304 g/mol. The molecule has 5 nitrogen and oxygen atoms in total. The molecule has 1 aromatic rings. The summed E-state index contributed by atoms with van der Waals surface area (Å²) in [5.74, 6) is 0.809. The average molecular weight is 327 g/mol. The molecule has 0 radical (unpaired) electrons. The van der Waals surface area contributed by atoms with Crippen molar-refractivity contribution in [2.24, 2.45) is 5.92 Å². The van der Waals surface area contributed by atoms with E-state index >= 15 is 0 Å². The van der Waals surface area contributed by atoms with Gasteiger partial charge in [0.05, 0.1) is 7.11 Å². The molecule has 0 aliphatic heterocycles. The standard InChI is InChI=1S/C16H23ClN2O3/c1-22-15-8-13(17)7-6-11(15)9-18-16(21)19-14-5-3-2-4-12(14)10-20/h6-8,12,14,20H,2-5,9-10H2,1H3,(H2,18,19,21). The van der Waals surface area contributed by atoms with Gasteiger partial charge in [-0.2, -0.15) is 0 Å². The van der Waals surface area contributed by atoms with Crippen LogP contribution in [0.2, 0.25) is 5.02 Å². The van der Waals surface area contributed by atoms with E-state index in [1.165, 1.54) is 0 Å². The Bertz CT molecular complexity index is 510. The highest BCUT2D eigenvalue weighted by atomic mass is 35.5. The van der Waals surface area contributed by atoms with Crippen molar-refractivity contribution < 1.29 is 14.6 Å². The van der Waals surface area contributed by atoms with Gasteiger partial charge >= 0.3 is 6.03 Å². The van der Waals surface area contributed by atoms with Gasteiger partial charge in [0.15, 0.2) is 0 Å². The number of amides is 2. The zero-order chi connectivity index (χ0) is 15.9. The van der Waals surface area contributed by atoms with Gasteiger partial charge in [-0.3, -0.25) is 0 Å². The largest absolute Gasteiger partial charge is 0.496 e. The number of carbonyl (C=O) groups is 1. The molecule has 2 amide bonds. The van der Waals surface area contributed by atoms with Gasteiger partial charge in [0.25, 0.3) is 0 Å². The van der Waals surface area contributed by atoms with Crippen LogP contribution in [0.5, 0.6) is 5.75 Å². The average Bonchev–Trinajstić information content (AvgIpc) is 2.54. The van der Waals surface area contributed by atoms with Crippen molar-refractivity contribution in [2.45, 2.75) is 38.3 Å². The fourth-order valence-corrected chi connectivity index (χ4v) is 3.04. The van der Waals surface area contributed by atoms with Gasteiger partial charge in [0.1, 0.15) is 5.75 Å². The van der Waals surface area contributed by atoms with Crippen molar-refractivity contribution in [1.82, 2.24) is 10.6 Å². The Balaban J connectivity index is 1.87. The van der Waals surface area contributed by atoms with Crippen LogP contribution >= 0.6 is 11.6 Å². The van der Waals surface area contributed by atoms with E-state index in [-0.39, 0.29) is 24.6 Å². The van der Waals surface area contributed by atoms with Crippen LogP contribution in [0.25, 0.3) is 0 Å². The second-order valence-corrected chi connectivity index (χ2v) is 6.05. The number of rotatable bonds is 5. The Morgan fingerprint density at radius 2 is 2.18 bits per heavy atom. The van der Waals surface area contributed by atoms with Crippen LogP contribution in [0.1, 0.15) is 31.2 Å².